The van der Waals surface area contributed by atoms with Gasteiger partial charge in [0.15, 0.2) is 0 Å². The molecule has 7 heteroatoms. The molecule has 0 heterocycles. The van der Waals surface area contributed by atoms with Gasteiger partial charge in [0.25, 0.3) is 0 Å². The van der Waals surface area contributed by atoms with Crippen molar-refractivity contribution >= 4 is 0 Å². The fourth-order valence-electron chi connectivity index (χ4n) is 0. The van der Waals surface area contributed by atoms with Crippen LogP contribution in [0.3, 0.4) is 0 Å². The van der Waals surface area contributed by atoms with Crippen molar-refractivity contribution in [3.63, 3.8) is 0 Å². The van der Waals surface area contributed by atoms with E-state index in [1.165, 1.54) is 0 Å². The van der Waals surface area contributed by atoms with Gasteiger partial charge in [0.1, 0.15) is 0 Å². The maximum absolute atomic E-state index is 2.19. The summed E-state index contributed by atoms with van der Waals surface area (Å²) in [5, 5.41) is 0. The maximum atomic E-state index is 2.19. The van der Waals surface area contributed by atoms with Gasteiger partial charge < -0.3 is 6.42 Å². The first-order chi connectivity index (χ1) is 2.56. The molecule has 0 aromatic carbocycles. The van der Waals surface area contributed by atoms with Gasteiger partial charge in [-0.2, -0.15) is 12.3 Å². The van der Waals surface area contributed by atoms with Crippen LogP contribution in [0.2, 0.25) is 0 Å². The van der Waals surface area contributed by atoms with Crippen molar-refractivity contribution < 1.29 is 229 Å². The molecule has 7 radical (unpaired) electrons. The van der Waals surface area contributed by atoms with Crippen LogP contribution >= 0.6 is 0 Å². The van der Waals surface area contributed by atoms with E-state index < -0.39 is 0 Å². The van der Waals surface area contributed by atoms with Crippen LogP contribution in [-0.2, 0) is 229 Å². The van der Waals surface area contributed by atoms with Crippen molar-refractivity contribution in [3.05, 3.63) is 6.42 Å². The second-order valence-corrected chi connectivity index (χ2v) is 2.65. The van der Waals surface area contributed by atoms with Gasteiger partial charge in [-0.15, -0.1) is 0 Å². The molecular formula is C6H13Y7-. The smallest absolute Gasteiger partial charge is 0 e. The van der Waals surface area contributed by atoms with Crippen molar-refractivity contribution in [2.45, 2.75) is 27.7 Å². The maximum Gasteiger partial charge on any atom is 0 e. The molecule has 0 saturated heterocycles. The summed E-state index contributed by atoms with van der Waals surface area (Å²) in [6, 6.07) is 0. The molecule has 0 rings (SSSR count). The van der Waals surface area contributed by atoms with Gasteiger partial charge in [0, 0.05) is 229 Å². The molecule has 0 amide bonds. The van der Waals surface area contributed by atoms with E-state index in [-0.39, 0.29) is 229 Å². The Bertz CT molecular complexity index is 42.7. The molecule has 0 N–H and O–H groups in total. The fraction of sp³-hybridized carbons (Fsp3) is 0.833. The van der Waals surface area contributed by atoms with E-state index in [1.54, 1.807) is 0 Å². The molecule has 0 atom stereocenters. The van der Waals surface area contributed by atoms with Crippen LogP contribution in [0, 0.1) is 11.8 Å². The number of rotatable bonds is 0. The summed E-state index contributed by atoms with van der Waals surface area (Å²) >= 11 is 0. The quantitative estimate of drug-likeness (QED) is 0.340. The van der Waals surface area contributed by atoms with Crippen molar-refractivity contribution in [3.8, 4) is 0 Å². The molecule has 0 aliphatic rings. The number of hydrogen-bond acceptors (Lipinski definition) is 0. The third-order valence-electron chi connectivity index (χ3n) is 0.866. The summed E-state index contributed by atoms with van der Waals surface area (Å²) in [7, 11) is 0. The summed E-state index contributed by atoms with van der Waals surface area (Å²) in [5.74, 6) is 0. The molecule has 0 nitrogen and oxygen atoms in total. The zero-order valence-electron chi connectivity index (χ0n) is 9.12. The predicted octanol–water partition coefficient (Wildman–Crippen LogP) is 2.24. The third kappa shape index (κ3) is 53.9. The molecule has 0 aromatic heterocycles. The average molecular weight is 708 g/mol. The summed E-state index contributed by atoms with van der Waals surface area (Å²) in [5.41, 5.74) is 0.417. The summed E-state index contributed by atoms with van der Waals surface area (Å²) in [6.07, 6.45) is 2.19. The van der Waals surface area contributed by atoms with Crippen LogP contribution < -0.4 is 0 Å². The summed E-state index contributed by atoms with van der Waals surface area (Å²) < 4.78 is 0. The second kappa shape index (κ2) is 31.9. The Hall–Kier alpha value is 7.73. The van der Waals surface area contributed by atoms with Crippen LogP contribution in [0.5, 0.6) is 0 Å². The number of hydrogen-bond donors (Lipinski definition) is 0. The zero-order chi connectivity index (χ0) is 5.21. The van der Waals surface area contributed by atoms with Crippen LogP contribution in [0.15, 0.2) is 0 Å². The van der Waals surface area contributed by atoms with E-state index in [9.17, 15) is 0 Å². The van der Waals surface area contributed by atoms with E-state index >= 15 is 0 Å². The third-order valence-corrected chi connectivity index (χ3v) is 0.866. The van der Waals surface area contributed by atoms with Crippen molar-refractivity contribution in [1.29, 1.82) is 0 Å². The summed E-state index contributed by atoms with van der Waals surface area (Å²) in [4.78, 5) is 0. The Kier molecular flexibility index (Phi) is 122. The van der Waals surface area contributed by atoms with Gasteiger partial charge in [0.2, 0.25) is 0 Å². The van der Waals surface area contributed by atoms with E-state index in [0.717, 1.165) is 0 Å². The fourth-order valence-corrected chi connectivity index (χ4v) is 0. The van der Waals surface area contributed by atoms with E-state index in [2.05, 4.69) is 34.1 Å². The Morgan fingerprint density at radius 2 is 0.692 bits per heavy atom. The van der Waals surface area contributed by atoms with Crippen LogP contribution in [-0.4, -0.2) is 0 Å². The van der Waals surface area contributed by atoms with Gasteiger partial charge in [-0.25, -0.2) is 0 Å². The van der Waals surface area contributed by atoms with E-state index in [0.29, 0.717) is 5.41 Å². The first-order valence-corrected chi connectivity index (χ1v) is 2.37. The van der Waals surface area contributed by atoms with Crippen molar-refractivity contribution in [2.24, 2.45) is 5.41 Å². The van der Waals surface area contributed by atoms with Gasteiger partial charge in [-0.3, -0.25) is 0 Å². The molecule has 0 saturated carbocycles. The molecule has 0 bridgehead atoms. The van der Waals surface area contributed by atoms with Gasteiger partial charge in [-0.1, -0.05) is 20.8 Å². The first kappa shape index (κ1) is 49.8. The standard InChI is InChI=1S/C6H13.7Y/c1-5-6(2,3)4;;;;;;;/h5H,1-4H3;;;;;;;/q-1;;;;;;;. The normalized spacial score (nSPS) is 5.54. The van der Waals surface area contributed by atoms with Gasteiger partial charge >= 0.3 is 0 Å². The first-order valence-electron chi connectivity index (χ1n) is 2.37. The Morgan fingerprint density at radius 3 is 0.692 bits per heavy atom. The molecule has 13 heavy (non-hydrogen) atoms. The van der Waals surface area contributed by atoms with Crippen molar-refractivity contribution in [2.75, 3.05) is 0 Å². The average Bonchev–Trinajstić information content (AvgIpc) is 1.35. The minimum absolute atomic E-state index is 0. The van der Waals surface area contributed by atoms with E-state index in [1.807, 2.05) is 0 Å². The summed E-state index contributed by atoms with van der Waals surface area (Å²) in [6.45, 7) is 8.65. The Labute approximate surface area is 260 Å². The molecule has 0 fully saturated rings. The van der Waals surface area contributed by atoms with Crippen LogP contribution in [0.4, 0.5) is 0 Å². The minimum Gasteiger partial charge on any atom is -0.326 e. The molecule has 0 aliphatic carbocycles. The predicted molar refractivity (Wildman–Crippen MR) is 29.4 cm³/mol. The monoisotopic (exact) mass is 707 g/mol. The van der Waals surface area contributed by atoms with Gasteiger partial charge in [0.05, 0.1) is 0 Å². The van der Waals surface area contributed by atoms with Crippen LogP contribution in [0.25, 0.3) is 0 Å². The molecular weight excluding hydrogens is 694 g/mol. The Morgan fingerprint density at radius 1 is 0.615 bits per heavy atom. The molecule has 0 spiro atoms. The van der Waals surface area contributed by atoms with Crippen LogP contribution in [0.1, 0.15) is 27.7 Å². The SMILES string of the molecule is C[CH-]C(C)(C)C.[Y].[Y].[Y].[Y].[Y].[Y].[Y]. The van der Waals surface area contributed by atoms with E-state index in [4.69, 9.17) is 0 Å². The molecule has 0 aromatic rings. The minimum atomic E-state index is 0. The zero-order valence-corrected chi connectivity index (χ0v) is 29.0. The molecule has 0 aliphatic heterocycles. The van der Waals surface area contributed by atoms with Gasteiger partial charge in [-0.05, 0) is 0 Å². The Balaban J connectivity index is -0.00000000595. The molecule has 0 unspecified atom stereocenters. The second-order valence-electron chi connectivity index (χ2n) is 2.65. The van der Waals surface area contributed by atoms with Crippen molar-refractivity contribution in [1.82, 2.24) is 0 Å². The topological polar surface area (TPSA) is 0 Å². The largest absolute Gasteiger partial charge is 0.326 e. The molecule has 59 valence electrons.